The summed E-state index contributed by atoms with van der Waals surface area (Å²) in [4.78, 5) is 0. The maximum Gasteiger partial charge on any atom is 0.0810 e. The summed E-state index contributed by atoms with van der Waals surface area (Å²) in [5.41, 5.74) is 0. The van der Waals surface area contributed by atoms with E-state index in [1.807, 2.05) is 0 Å². The number of rotatable bonds is 26. The monoisotopic (exact) mass is 438 g/mol. The third kappa shape index (κ3) is 20.2. The second-order valence-electron chi connectivity index (χ2n) is 10.2. The van der Waals surface area contributed by atoms with Crippen LogP contribution in [0.5, 0.6) is 0 Å². The Morgan fingerprint density at radius 1 is 0.387 bits per heavy atom. The SMILES string of the molecule is C(CCCCCCC1CO1)CCCCCOCCCCCCCCCCCCC1CO1. The van der Waals surface area contributed by atoms with Crippen molar-refractivity contribution in [1.82, 2.24) is 0 Å². The molecule has 0 N–H and O–H groups in total. The van der Waals surface area contributed by atoms with Crippen molar-refractivity contribution in [2.75, 3.05) is 26.4 Å². The average molecular weight is 439 g/mol. The van der Waals surface area contributed by atoms with Crippen molar-refractivity contribution in [3.8, 4) is 0 Å². The van der Waals surface area contributed by atoms with E-state index in [2.05, 4.69) is 0 Å². The standard InChI is InChI=1S/C28H54O3/c1(5-9-13-17-21-27-25-30-27)3-7-11-15-19-23-29-24-20-16-12-8-4-2-6-10-14-18-22-28-26-31-28/h27-28H,1-26H2. The second kappa shape index (κ2) is 20.5. The zero-order chi connectivity index (χ0) is 21.7. The third-order valence-electron chi connectivity index (χ3n) is 6.93. The Balaban J connectivity index is 1.12. The Morgan fingerprint density at radius 2 is 0.645 bits per heavy atom. The molecule has 0 aliphatic carbocycles. The summed E-state index contributed by atoms with van der Waals surface area (Å²) in [6.45, 7) is 4.03. The molecule has 2 saturated heterocycles. The molecule has 2 fully saturated rings. The van der Waals surface area contributed by atoms with Gasteiger partial charge in [0, 0.05) is 13.2 Å². The molecule has 2 aliphatic heterocycles. The van der Waals surface area contributed by atoms with Gasteiger partial charge in [-0.3, -0.25) is 0 Å². The van der Waals surface area contributed by atoms with Crippen LogP contribution in [-0.4, -0.2) is 38.6 Å². The molecule has 0 radical (unpaired) electrons. The summed E-state index contributed by atoms with van der Waals surface area (Å²) in [5.74, 6) is 0. The lowest BCUT2D eigenvalue weighted by Gasteiger charge is -2.05. The Morgan fingerprint density at radius 3 is 0.935 bits per heavy atom. The zero-order valence-electron chi connectivity index (χ0n) is 20.8. The molecule has 2 unspecified atom stereocenters. The molecule has 184 valence electrons. The van der Waals surface area contributed by atoms with Gasteiger partial charge in [-0.25, -0.2) is 0 Å². The average Bonchev–Trinajstić information content (AvgIpc) is 3.69. The fourth-order valence-electron chi connectivity index (χ4n) is 4.55. The molecule has 3 nitrogen and oxygen atoms in total. The van der Waals surface area contributed by atoms with E-state index < -0.39 is 0 Å². The van der Waals surface area contributed by atoms with Gasteiger partial charge in [0.25, 0.3) is 0 Å². The van der Waals surface area contributed by atoms with E-state index >= 15 is 0 Å². The number of hydrogen-bond acceptors (Lipinski definition) is 3. The predicted molar refractivity (Wildman–Crippen MR) is 132 cm³/mol. The van der Waals surface area contributed by atoms with Crippen molar-refractivity contribution in [3.63, 3.8) is 0 Å². The fraction of sp³-hybridized carbons (Fsp3) is 1.00. The maximum absolute atomic E-state index is 5.82. The van der Waals surface area contributed by atoms with Gasteiger partial charge in [-0.05, 0) is 25.7 Å². The van der Waals surface area contributed by atoms with Crippen molar-refractivity contribution >= 4 is 0 Å². The van der Waals surface area contributed by atoms with Crippen LogP contribution >= 0.6 is 0 Å². The minimum Gasteiger partial charge on any atom is -0.381 e. The highest BCUT2D eigenvalue weighted by atomic mass is 16.6. The van der Waals surface area contributed by atoms with Gasteiger partial charge in [0.2, 0.25) is 0 Å². The number of unbranched alkanes of at least 4 members (excludes halogenated alkanes) is 18. The van der Waals surface area contributed by atoms with Crippen LogP contribution in [0.4, 0.5) is 0 Å². The number of epoxide rings is 2. The van der Waals surface area contributed by atoms with Crippen LogP contribution in [0.25, 0.3) is 0 Å². The van der Waals surface area contributed by atoms with E-state index in [9.17, 15) is 0 Å². The normalized spacial score (nSPS) is 19.7. The van der Waals surface area contributed by atoms with Gasteiger partial charge in [-0.2, -0.15) is 0 Å². The lowest BCUT2D eigenvalue weighted by atomic mass is 10.1. The van der Waals surface area contributed by atoms with Crippen molar-refractivity contribution in [2.24, 2.45) is 0 Å². The smallest absolute Gasteiger partial charge is 0.0810 e. The van der Waals surface area contributed by atoms with E-state index in [0.29, 0.717) is 12.2 Å². The van der Waals surface area contributed by atoms with Gasteiger partial charge >= 0.3 is 0 Å². The summed E-state index contributed by atoms with van der Waals surface area (Å²) in [5, 5.41) is 0. The molecule has 0 bridgehead atoms. The van der Waals surface area contributed by atoms with Crippen LogP contribution in [-0.2, 0) is 14.2 Å². The van der Waals surface area contributed by atoms with Crippen LogP contribution in [0, 0.1) is 0 Å². The third-order valence-corrected chi connectivity index (χ3v) is 6.93. The quantitative estimate of drug-likeness (QED) is 0.100. The summed E-state index contributed by atoms with van der Waals surface area (Å²) in [7, 11) is 0. The lowest BCUT2D eigenvalue weighted by Crippen LogP contribution is -1.97. The summed E-state index contributed by atoms with van der Waals surface area (Å²) < 4.78 is 16.3. The first-order valence-corrected chi connectivity index (χ1v) is 14.3. The molecule has 0 spiro atoms. The molecule has 0 amide bonds. The molecular weight excluding hydrogens is 384 g/mol. The van der Waals surface area contributed by atoms with Crippen molar-refractivity contribution in [1.29, 1.82) is 0 Å². The van der Waals surface area contributed by atoms with Crippen LogP contribution in [0.2, 0.25) is 0 Å². The highest BCUT2D eigenvalue weighted by Gasteiger charge is 2.21. The van der Waals surface area contributed by atoms with Crippen molar-refractivity contribution < 1.29 is 14.2 Å². The highest BCUT2D eigenvalue weighted by molar-refractivity contribution is 4.68. The molecule has 0 saturated carbocycles. The first-order chi connectivity index (χ1) is 15.4. The van der Waals surface area contributed by atoms with Crippen LogP contribution < -0.4 is 0 Å². The molecule has 0 aromatic heterocycles. The highest BCUT2D eigenvalue weighted by Crippen LogP contribution is 2.19. The van der Waals surface area contributed by atoms with E-state index in [1.165, 1.54) is 141 Å². The van der Waals surface area contributed by atoms with Gasteiger partial charge in [-0.1, -0.05) is 116 Å². The van der Waals surface area contributed by atoms with Gasteiger partial charge in [0.1, 0.15) is 0 Å². The molecule has 3 heteroatoms. The molecule has 2 rings (SSSR count). The van der Waals surface area contributed by atoms with E-state index in [-0.39, 0.29) is 0 Å². The molecule has 0 aromatic rings. The minimum absolute atomic E-state index is 0.636. The maximum atomic E-state index is 5.82. The van der Waals surface area contributed by atoms with Crippen LogP contribution in [0.1, 0.15) is 141 Å². The second-order valence-corrected chi connectivity index (χ2v) is 10.2. The van der Waals surface area contributed by atoms with E-state index in [0.717, 1.165) is 26.4 Å². The number of ether oxygens (including phenoxy) is 3. The molecule has 31 heavy (non-hydrogen) atoms. The lowest BCUT2D eigenvalue weighted by molar-refractivity contribution is 0.125. The Kier molecular flexibility index (Phi) is 17.9. The summed E-state index contributed by atoms with van der Waals surface area (Å²) in [6, 6.07) is 0. The van der Waals surface area contributed by atoms with Crippen molar-refractivity contribution in [3.05, 3.63) is 0 Å². The summed E-state index contributed by atoms with van der Waals surface area (Å²) >= 11 is 0. The first-order valence-electron chi connectivity index (χ1n) is 14.3. The molecule has 0 aromatic carbocycles. The number of hydrogen-bond donors (Lipinski definition) is 0. The van der Waals surface area contributed by atoms with Gasteiger partial charge < -0.3 is 14.2 Å². The van der Waals surface area contributed by atoms with Crippen molar-refractivity contribution in [2.45, 2.75) is 153 Å². The van der Waals surface area contributed by atoms with Crippen LogP contribution in [0.15, 0.2) is 0 Å². The Bertz CT molecular complexity index is 331. The summed E-state index contributed by atoms with van der Waals surface area (Å²) in [6.07, 6.45) is 31.8. The minimum atomic E-state index is 0.636. The Labute approximate surface area is 194 Å². The predicted octanol–water partition coefficient (Wildman–Crippen LogP) is 8.38. The zero-order valence-corrected chi connectivity index (χ0v) is 20.8. The molecule has 2 aliphatic rings. The molecule has 2 atom stereocenters. The molecular formula is C28H54O3. The largest absolute Gasteiger partial charge is 0.381 e. The van der Waals surface area contributed by atoms with E-state index in [4.69, 9.17) is 14.2 Å². The first kappa shape index (κ1) is 27.1. The van der Waals surface area contributed by atoms with Gasteiger partial charge in [0.15, 0.2) is 0 Å². The van der Waals surface area contributed by atoms with E-state index in [1.54, 1.807) is 0 Å². The fourth-order valence-corrected chi connectivity index (χ4v) is 4.55. The van der Waals surface area contributed by atoms with Crippen LogP contribution in [0.3, 0.4) is 0 Å². The topological polar surface area (TPSA) is 34.3 Å². The molecule has 2 heterocycles. The van der Waals surface area contributed by atoms with Gasteiger partial charge in [-0.15, -0.1) is 0 Å². The van der Waals surface area contributed by atoms with Gasteiger partial charge in [0.05, 0.1) is 25.4 Å². The Hall–Kier alpha value is -0.120.